The maximum absolute atomic E-state index is 12.0. The molecule has 0 aromatic carbocycles. The van der Waals surface area contributed by atoms with Crippen molar-refractivity contribution >= 4 is 22.9 Å². The summed E-state index contributed by atoms with van der Waals surface area (Å²) in [6.45, 7) is 1.98. The number of pyridine rings is 1. The van der Waals surface area contributed by atoms with E-state index < -0.39 is 0 Å². The first-order valence-electron chi connectivity index (χ1n) is 5.69. The second-order valence-corrected chi connectivity index (χ2v) is 5.15. The number of nitrogens with zero attached hydrogens (tertiary/aromatic N) is 1. The molecule has 2 heterocycles. The zero-order valence-electron chi connectivity index (χ0n) is 10.1. The fourth-order valence-electron chi connectivity index (χ4n) is 1.70. The van der Waals surface area contributed by atoms with Gasteiger partial charge in [-0.15, -0.1) is 11.3 Å². The van der Waals surface area contributed by atoms with Crippen LogP contribution in [0.5, 0.6) is 0 Å². The lowest BCUT2D eigenvalue weighted by molar-refractivity contribution is 0.0941. The molecule has 0 saturated carbocycles. The van der Waals surface area contributed by atoms with E-state index in [-0.39, 0.29) is 11.9 Å². The molecule has 0 spiro atoms. The van der Waals surface area contributed by atoms with E-state index in [1.807, 2.05) is 18.4 Å². The average molecular weight is 261 g/mol. The van der Waals surface area contributed by atoms with E-state index in [2.05, 4.69) is 16.4 Å². The number of carbonyl (C=O) groups excluding carboxylic acids is 1. The zero-order chi connectivity index (χ0) is 13.0. The van der Waals surface area contributed by atoms with Crippen LogP contribution in [0.25, 0.3) is 0 Å². The van der Waals surface area contributed by atoms with E-state index in [1.165, 1.54) is 11.1 Å². The van der Waals surface area contributed by atoms with E-state index in [0.29, 0.717) is 11.3 Å². The number of thiophene rings is 1. The van der Waals surface area contributed by atoms with E-state index >= 15 is 0 Å². The molecule has 94 valence electrons. The third-order valence-electron chi connectivity index (χ3n) is 2.56. The molecule has 0 fully saturated rings. The summed E-state index contributed by atoms with van der Waals surface area (Å²) in [5.74, 6) is -0.154. The van der Waals surface area contributed by atoms with Crippen LogP contribution in [0.15, 0.2) is 36.0 Å². The van der Waals surface area contributed by atoms with Gasteiger partial charge in [-0.2, -0.15) is 0 Å². The Balaban J connectivity index is 1.97. The normalized spacial score (nSPS) is 12.1. The molecule has 5 heteroatoms. The molecule has 2 aromatic heterocycles. The van der Waals surface area contributed by atoms with Crippen LogP contribution in [0.1, 0.15) is 22.2 Å². The topological polar surface area (TPSA) is 68.0 Å². The number of nitrogens with two attached hydrogens (primary N) is 1. The minimum absolute atomic E-state index is 0.0729. The van der Waals surface area contributed by atoms with Gasteiger partial charge < -0.3 is 11.1 Å². The predicted octanol–water partition coefficient (Wildman–Crippen LogP) is 2.09. The fraction of sp³-hybridized carbons (Fsp3) is 0.231. The average Bonchev–Trinajstić information content (AvgIpc) is 2.82. The molecule has 0 radical (unpaired) electrons. The highest BCUT2D eigenvalue weighted by molar-refractivity contribution is 7.09. The summed E-state index contributed by atoms with van der Waals surface area (Å²) in [4.78, 5) is 17.1. The molecule has 3 N–H and O–H groups in total. The largest absolute Gasteiger partial charge is 0.397 e. The molecule has 18 heavy (non-hydrogen) atoms. The highest BCUT2D eigenvalue weighted by atomic mass is 32.1. The Morgan fingerprint density at radius 2 is 2.39 bits per heavy atom. The van der Waals surface area contributed by atoms with Gasteiger partial charge in [-0.05, 0) is 24.4 Å². The van der Waals surface area contributed by atoms with Gasteiger partial charge >= 0.3 is 0 Å². The second-order valence-electron chi connectivity index (χ2n) is 4.12. The van der Waals surface area contributed by atoms with Crippen molar-refractivity contribution < 1.29 is 4.79 Å². The summed E-state index contributed by atoms with van der Waals surface area (Å²) in [5, 5.41) is 4.97. The van der Waals surface area contributed by atoms with Crippen molar-refractivity contribution in [1.82, 2.24) is 10.3 Å². The summed E-state index contributed by atoms with van der Waals surface area (Å²) < 4.78 is 0. The Bertz CT molecular complexity index is 525. The number of amides is 1. The number of nitrogen functional groups attached to an aromatic ring is 1. The number of hydrogen-bond donors (Lipinski definition) is 2. The van der Waals surface area contributed by atoms with Gasteiger partial charge in [0.15, 0.2) is 0 Å². The molecule has 4 nitrogen and oxygen atoms in total. The van der Waals surface area contributed by atoms with Crippen LogP contribution < -0.4 is 11.1 Å². The monoisotopic (exact) mass is 261 g/mol. The lowest BCUT2D eigenvalue weighted by Crippen LogP contribution is -2.34. The Morgan fingerprint density at radius 3 is 3.06 bits per heavy atom. The third-order valence-corrected chi connectivity index (χ3v) is 3.46. The van der Waals surface area contributed by atoms with Crippen molar-refractivity contribution in [3.8, 4) is 0 Å². The van der Waals surface area contributed by atoms with Gasteiger partial charge in [0, 0.05) is 23.5 Å². The Kier molecular flexibility index (Phi) is 3.94. The van der Waals surface area contributed by atoms with Crippen molar-refractivity contribution in [2.24, 2.45) is 0 Å². The molecule has 0 bridgehead atoms. The lowest BCUT2D eigenvalue weighted by atomic mass is 10.1. The van der Waals surface area contributed by atoms with Crippen molar-refractivity contribution in [3.05, 3.63) is 46.4 Å². The SMILES string of the molecule is CC(Cc1cccs1)NC(=O)c1ccncc1N. The van der Waals surface area contributed by atoms with Crippen molar-refractivity contribution in [2.45, 2.75) is 19.4 Å². The summed E-state index contributed by atoms with van der Waals surface area (Å²) in [6.07, 6.45) is 3.88. The van der Waals surface area contributed by atoms with Gasteiger partial charge in [0.2, 0.25) is 0 Å². The van der Waals surface area contributed by atoms with Crippen molar-refractivity contribution in [1.29, 1.82) is 0 Å². The molecule has 1 atom stereocenters. The van der Waals surface area contributed by atoms with Gasteiger partial charge in [0.1, 0.15) is 0 Å². The molecule has 0 aliphatic heterocycles. The molecular formula is C13H15N3OS. The maximum atomic E-state index is 12.0. The second kappa shape index (κ2) is 5.64. The molecule has 1 unspecified atom stereocenters. The number of carbonyl (C=O) groups is 1. The smallest absolute Gasteiger partial charge is 0.253 e. The number of anilines is 1. The molecule has 0 saturated heterocycles. The van der Waals surface area contributed by atoms with E-state index in [1.54, 1.807) is 23.6 Å². The number of hydrogen-bond acceptors (Lipinski definition) is 4. The van der Waals surface area contributed by atoms with Gasteiger partial charge in [-0.3, -0.25) is 9.78 Å². The van der Waals surface area contributed by atoms with Crippen molar-refractivity contribution in [2.75, 3.05) is 5.73 Å². The predicted molar refractivity (Wildman–Crippen MR) is 73.6 cm³/mol. The molecule has 2 rings (SSSR count). The first-order chi connectivity index (χ1) is 8.66. The first kappa shape index (κ1) is 12.6. The van der Waals surface area contributed by atoms with Crippen molar-refractivity contribution in [3.63, 3.8) is 0 Å². The van der Waals surface area contributed by atoms with Crippen LogP contribution in [0.2, 0.25) is 0 Å². The minimum Gasteiger partial charge on any atom is -0.397 e. The Labute approximate surface area is 110 Å². The van der Waals surface area contributed by atoms with Gasteiger partial charge in [-0.25, -0.2) is 0 Å². The van der Waals surface area contributed by atoms with E-state index in [9.17, 15) is 4.79 Å². The number of rotatable bonds is 4. The highest BCUT2D eigenvalue weighted by Gasteiger charge is 2.12. The van der Waals surface area contributed by atoms with Gasteiger partial charge in [0.25, 0.3) is 5.91 Å². The fourth-order valence-corrected chi connectivity index (χ4v) is 2.53. The van der Waals surface area contributed by atoms with E-state index in [4.69, 9.17) is 5.73 Å². The Morgan fingerprint density at radius 1 is 1.56 bits per heavy atom. The van der Waals surface area contributed by atoms with Gasteiger partial charge in [0.05, 0.1) is 17.4 Å². The van der Waals surface area contributed by atoms with Crippen LogP contribution in [0.4, 0.5) is 5.69 Å². The zero-order valence-corrected chi connectivity index (χ0v) is 10.9. The minimum atomic E-state index is -0.154. The first-order valence-corrected chi connectivity index (χ1v) is 6.57. The summed E-state index contributed by atoms with van der Waals surface area (Å²) >= 11 is 1.69. The summed E-state index contributed by atoms with van der Waals surface area (Å²) in [7, 11) is 0. The standard InChI is InChI=1S/C13H15N3OS/c1-9(7-10-3-2-6-18-10)16-13(17)11-4-5-15-8-12(11)14/h2-6,8-9H,7,14H2,1H3,(H,16,17). The molecule has 2 aromatic rings. The molecule has 0 aliphatic carbocycles. The maximum Gasteiger partial charge on any atom is 0.253 e. The summed E-state index contributed by atoms with van der Waals surface area (Å²) in [6, 6.07) is 5.77. The third kappa shape index (κ3) is 3.07. The van der Waals surface area contributed by atoms with E-state index in [0.717, 1.165) is 6.42 Å². The lowest BCUT2D eigenvalue weighted by Gasteiger charge is -2.13. The van der Waals surface area contributed by atoms with Crippen LogP contribution in [-0.2, 0) is 6.42 Å². The van der Waals surface area contributed by atoms with Crippen LogP contribution in [0, 0.1) is 0 Å². The molecule has 1 amide bonds. The number of aromatic nitrogens is 1. The Hall–Kier alpha value is -1.88. The summed E-state index contributed by atoms with van der Waals surface area (Å²) in [5.41, 5.74) is 6.59. The molecular weight excluding hydrogens is 246 g/mol. The van der Waals surface area contributed by atoms with Crippen LogP contribution in [0.3, 0.4) is 0 Å². The number of nitrogens with one attached hydrogen (secondary N) is 1. The highest BCUT2D eigenvalue weighted by Crippen LogP contribution is 2.12. The van der Waals surface area contributed by atoms with Crippen LogP contribution in [-0.4, -0.2) is 16.9 Å². The van der Waals surface area contributed by atoms with Crippen LogP contribution >= 0.6 is 11.3 Å². The quantitative estimate of drug-likeness (QED) is 0.885. The molecule has 0 aliphatic rings. The van der Waals surface area contributed by atoms with Gasteiger partial charge in [-0.1, -0.05) is 6.07 Å².